The van der Waals surface area contributed by atoms with E-state index in [0.717, 1.165) is 35.9 Å². The van der Waals surface area contributed by atoms with Crippen LogP contribution in [0.15, 0.2) is 66.7 Å². The van der Waals surface area contributed by atoms with Gasteiger partial charge in [0.1, 0.15) is 0 Å². The molecule has 2 amide bonds. The van der Waals surface area contributed by atoms with Gasteiger partial charge in [-0.2, -0.15) is 5.10 Å². The van der Waals surface area contributed by atoms with Crippen LogP contribution in [0.25, 0.3) is 10.9 Å². The lowest BCUT2D eigenvalue weighted by molar-refractivity contribution is 0.0940. The van der Waals surface area contributed by atoms with Crippen LogP contribution in [-0.2, 0) is 12.0 Å². The van der Waals surface area contributed by atoms with E-state index in [0.29, 0.717) is 35.0 Å². The van der Waals surface area contributed by atoms with Crippen molar-refractivity contribution in [2.75, 3.05) is 26.1 Å². The van der Waals surface area contributed by atoms with Gasteiger partial charge in [-0.15, -0.1) is 0 Å². The molecule has 0 atom stereocenters. The summed E-state index contributed by atoms with van der Waals surface area (Å²) in [6, 6.07) is 20.5. The van der Waals surface area contributed by atoms with Gasteiger partial charge < -0.3 is 20.1 Å². The molecule has 204 valence electrons. The van der Waals surface area contributed by atoms with Gasteiger partial charge in [-0.25, -0.2) is 0 Å². The van der Waals surface area contributed by atoms with E-state index in [4.69, 9.17) is 9.47 Å². The number of carbonyl (C=O) groups is 2. The molecule has 0 bridgehead atoms. The highest BCUT2D eigenvalue weighted by atomic mass is 16.5. The number of ether oxygens (including phenoxy) is 2. The number of aromatic nitrogens is 2. The Morgan fingerprint density at radius 1 is 0.923 bits per heavy atom. The number of aryl methyl sites for hydroxylation is 1. The van der Waals surface area contributed by atoms with Crippen LogP contribution in [0.3, 0.4) is 0 Å². The van der Waals surface area contributed by atoms with E-state index in [1.165, 1.54) is 7.11 Å². The fourth-order valence-corrected chi connectivity index (χ4v) is 4.45. The normalized spacial score (nSPS) is 11.3. The number of amides is 2. The van der Waals surface area contributed by atoms with Gasteiger partial charge in [0.15, 0.2) is 17.2 Å². The zero-order valence-electron chi connectivity index (χ0n) is 23.2. The van der Waals surface area contributed by atoms with Crippen LogP contribution in [0.4, 0.5) is 5.69 Å². The molecular weight excluding hydrogens is 492 g/mol. The summed E-state index contributed by atoms with van der Waals surface area (Å²) in [7, 11) is 3.08. The maximum Gasteiger partial charge on any atom is 0.272 e. The summed E-state index contributed by atoms with van der Waals surface area (Å²) >= 11 is 0. The average molecular weight is 529 g/mol. The van der Waals surface area contributed by atoms with Crippen LogP contribution < -0.4 is 20.1 Å². The first-order valence-corrected chi connectivity index (χ1v) is 13.1. The first-order chi connectivity index (χ1) is 18.8. The molecule has 0 spiro atoms. The summed E-state index contributed by atoms with van der Waals surface area (Å²) in [6.45, 7) is 7.50. The molecule has 8 heteroatoms. The molecule has 4 rings (SSSR count). The second kappa shape index (κ2) is 12.0. The van der Waals surface area contributed by atoms with Gasteiger partial charge in [-0.3, -0.25) is 14.3 Å². The smallest absolute Gasteiger partial charge is 0.272 e. The Kier molecular flexibility index (Phi) is 8.54. The third-order valence-electron chi connectivity index (χ3n) is 6.86. The molecule has 0 aliphatic rings. The third kappa shape index (κ3) is 6.22. The van der Waals surface area contributed by atoms with Gasteiger partial charge in [0.2, 0.25) is 0 Å². The zero-order chi connectivity index (χ0) is 28.0. The fourth-order valence-electron chi connectivity index (χ4n) is 4.45. The summed E-state index contributed by atoms with van der Waals surface area (Å²) in [5, 5.41) is 11.5. The number of rotatable bonds is 11. The van der Waals surface area contributed by atoms with Crippen molar-refractivity contribution in [3.63, 3.8) is 0 Å². The van der Waals surface area contributed by atoms with Gasteiger partial charge in [0.05, 0.1) is 19.7 Å². The number of unbranched alkanes of at least 4 members (excludes halogenated alkanes) is 1. The molecule has 39 heavy (non-hydrogen) atoms. The second-order valence-corrected chi connectivity index (χ2v) is 10.1. The Balaban J connectivity index is 1.41. The largest absolute Gasteiger partial charge is 0.493 e. The van der Waals surface area contributed by atoms with Crippen molar-refractivity contribution < 1.29 is 19.1 Å². The number of hydrogen-bond donors (Lipinski definition) is 2. The van der Waals surface area contributed by atoms with Gasteiger partial charge in [-0.05, 0) is 48.4 Å². The molecule has 4 aromatic rings. The topological polar surface area (TPSA) is 94.5 Å². The van der Waals surface area contributed by atoms with Crippen LogP contribution in [0.2, 0.25) is 0 Å². The second-order valence-electron chi connectivity index (χ2n) is 10.1. The van der Waals surface area contributed by atoms with E-state index in [9.17, 15) is 9.59 Å². The van der Waals surface area contributed by atoms with Crippen LogP contribution in [0.1, 0.15) is 60.0 Å². The number of para-hydroxylation sites is 1. The Morgan fingerprint density at radius 3 is 2.33 bits per heavy atom. The zero-order valence-corrected chi connectivity index (χ0v) is 23.2. The van der Waals surface area contributed by atoms with Crippen molar-refractivity contribution >= 4 is 28.4 Å². The highest BCUT2D eigenvalue weighted by molar-refractivity contribution is 6.05. The quantitative estimate of drug-likeness (QED) is 0.256. The molecule has 3 aromatic carbocycles. The summed E-state index contributed by atoms with van der Waals surface area (Å²) in [4.78, 5) is 25.9. The lowest BCUT2D eigenvalue weighted by atomic mass is 9.84. The number of methoxy groups -OCH3 is 2. The van der Waals surface area contributed by atoms with Crippen molar-refractivity contribution in [3.05, 3.63) is 83.6 Å². The average Bonchev–Trinajstić information content (AvgIpc) is 3.33. The molecule has 0 fully saturated rings. The molecule has 8 nitrogen and oxygen atoms in total. The van der Waals surface area contributed by atoms with E-state index in [1.54, 1.807) is 25.3 Å². The molecule has 0 radical (unpaired) electrons. The van der Waals surface area contributed by atoms with Gasteiger partial charge in [0.25, 0.3) is 11.8 Å². The lowest BCUT2D eigenvalue weighted by Gasteiger charge is -2.26. The fraction of sp³-hybridized carbons (Fsp3) is 0.323. The number of benzene rings is 3. The first kappa shape index (κ1) is 27.7. The predicted molar refractivity (Wildman–Crippen MR) is 154 cm³/mol. The predicted octanol–water partition coefficient (Wildman–Crippen LogP) is 5.81. The van der Waals surface area contributed by atoms with Crippen molar-refractivity contribution in [3.8, 4) is 11.5 Å². The Labute approximate surface area is 229 Å². The van der Waals surface area contributed by atoms with Gasteiger partial charge in [0, 0.05) is 35.1 Å². The Hall–Kier alpha value is -4.33. The minimum absolute atomic E-state index is 0.187. The van der Waals surface area contributed by atoms with Crippen LogP contribution in [0.5, 0.6) is 11.5 Å². The third-order valence-corrected chi connectivity index (χ3v) is 6.86. The summed E-state index contributed by atoms with van der Waals surface area (Å²) in [5.74, 6) is 0.616. The minimum Gasteiger partial charge on any atom is -0.493 e. The number of fused-ring (bicyclic) bond motifs is 1. The van der Waals surface area contributed by atoms with Crippen molar-refractivity contribution in [1.29, 1.82) is 0 Å². The van der Waals surface area contributed by atoms with E-state index in [2.05, 4.69) is 36.5 Å². The molecule has 0 unspecified atom stereocenters. The number of anilines is 1. The SMILES string of the molecule is CCCCn1nc(C(=O)NCC(C)(C)c2ccc(NC(=O)c3ccc(OC)c(OC)c3)cc2)c2ccccc21. The molecule has 1 heterocycles. The molecule has 0 aliphatic heterocycles. The maximum atomic E-state index is 13.2. The number of nitrogens with one attached hydrogen (secondary N) is 2. The van der Waals surface area contributed by atoms with Crippen molar-refractivity contribution in [2.45, 2.75) is 45.6 Å². The molecule has 0 aliphatic carbocycles. The Bertz CT molecular complexity index is 1460. The number of carbonyl (C=O) groups excluding carboxylic acids is 2. The molecule has 0 saturated carbocycles. The number of hydrogen-bond acceptors (Lipinski definition) is 5. The van der Waals surface area contributed by atoms with Crippen LogP contribution >= 0.6 is 0 Å². The Morgan fingerprint density at radius 2 is 1.64 bits per heavy atom. The monoisotopic (exact) mass is 528 g/mol. The first-order valence-electron chi connectivity index (χ1n) is 13.1. The van der Waals surface area contributed by atoms with E-state index in [1.807, 2.05) is 53.2 Å². The summed E-state index contributed by atoms with van der Waals surface area (Å²) < 4.78 is 12.5. The highest BCUT2D eigenvalue weighted by Crippen LogP contribution is 2.29. The van der Waals surface area contributed by atoms with Crippen molar-refractivity contribution in [2.24, 2.45) is 0 Å². The standard InChI is InChI=1S/C31H36N4O4/c1-6-7-18-35-25-11-9-8-10-24(25)28(34-35)30(37)32-20-31(2,3)22-13-15-23(16-14-22)33-29(36)21-12-17-26(38-4)27(19-21)39-5/h8-17,19H,6-7,18,20H2,1-5H3,(H,32,37)(H,33,36). The van der Waals surface area contributed by atoms with E-state index >= 15 is 0 Å². The van der Waals surface area contributed by atoms with Crippen LogP contribution in [0, 0.1) is 0 Å². The molecule has 2 N–H and O–H groups in total. The van der Waals surface area contributed by atoms with E-state index < -0.39 is 0 Å². The maximum absolute atomic E-state index is 13.2. The van der Waals surface area contributed by atoms with Gasteiger partial charge >= 0.3 is 0 Å². The summed E-state index contributed by atoms with van der Waals surface area (Å²) in [6.07, 6.45) is 2.06. The van der Waals surface area contributed by atoms with E-state index in [-0.39, 0.29) is 17.2 Å². The summed E-state index contributed by atoms with van der Waals surface area (Å²) in [5.41, 5.74) is 3.24. The van der Waals surface area contributed by atoms with Crippen LogP contribution in [-0.4, -0.2) is 42.4 Å². The lowest BCUT2D eigenvalue weighted by Crippen LogP contribution is -2.37. The highest BCUT2D eigenvalue weighted by Gasteiger charge is 2.24. The molecular formula is C31H36N4O4. The molecule has 0 saturated heterocycles. The minimum atomic E-state index is -0.345. The molecule has 1 aromatic heterocycles. The number of nitrogens with zero attached hydrogens (tertiary/aromatic N) is 2. The van der Waals surface area contributed by atoms with Crippen molar-refractivity contribution in [1.82, 2.24) is 15.1 Å². The van der Waals surface area contributed by atoms with Gasteiger partial charge in [-0.1, -0.05) is 57.5 Å².